The van der Waals surface area contributed by atoms with Crippen molar-refractivity contribution in [2.45, 2.75) is 25.2 Å². The van der Waals surface area contributed by atoms with Crippen molar-refractivity contribution in [2.24, 2.45) is 0 Å². The third-order valence-electron chi connectivity index (χ3n) is 2.58. The number of anilines is 1. The molecular formula is C12H19N3O3S. The lowest BCUT2D eigenvalue weighted by Crippen LogP contribution is -2.30. The minimum Gasteiger partial charge on any atom is -0.398 e. The Labute approximate surface area is 113 Å². The number of rotatable bonds is 6. The Bertz CT molecular complexity index is 555. The zero-order chi connectivity index (χ0) is 14.5. The zero-order valence-electron chi connectivity index (χ0n) is 11.1. The molecule has 0 heterocycles. The summed E-state index contributed by atoms with van der Waals surface area (Å²) in [5.41, 5.74) is 6.92. The number of nitrogens with one attached hydrogen (secondary N) is 2. The Balaban J connectivity index is 2.66. The standard InChI is InChI=1S/C12H19N3O3S/c1-3-14-12(16)6-7-15-19(17,18)10-5-4-9(2)11(13)8-10/h4-5,8,15H,3,6-7,13H2,1-2H3,(H,14,16). The number of carbonyl (C=O) groups excluding carboxylic acids is 1. The summed E-state index contributed by atoms with van der Waals surface area (Å²) in [6.45, 7) is 4.19. The molecule has 7 heteroatoms. The fourth-order valence-corrected chi connectivity index (χ4v) is 2.52. The third kappa shape index (κ3) is 4.53. The third-order valence-corrected chi connectivity index (χ3v) is 4.04. The summed E-state index contributed by atoms with van der Waals surface area (Å²) in [5, 5.41) is 2.59. The van der Waals surface area contributed by atoms with Crippen molar-refractivity contribution in [3.8, 4) is 0 Å². The van der Waals surface area contributed by atoms with Crippen LogP contribution in [0, 0.1) is 6.92 Å². The van der Waals surface area contributed by atoms with Crippen molar-refractivity contribution in [1.82, 2.24) is 10.0 Å². The molecule has 4 N–H and O–H groups in total. The van der Waals surface area contributed by atoms with Gasteiger partial charge in [-0.1, -0.05) is 6.07 Å². The summed E-state index contributed by atoms with van der Waals surface area (Å²) in [6, 6.07) is 4.54. The number of hydrogen-bond donors (Lipinski definition) is 3. The summed E-state index contributed by atoms with van der Waals surface area (Å²) in [5.74, 6) is -0.186. The van der Waals surface area contributed by atoms with Gasteiger partial charge in [-0.3, -0.25) is 4.79 Å². The van der Waals surface area contributed by atoms with Gasteiger partial charge < -0.3 is 11.1 Å². The lowest BCUT2D eigenvalue weighted by Gasteiger charge is -2.08. The number of nitrogens with two attached hydrogens (primary N) is 1. The molecule has 0 saturated heterocycles. The predicted octanol–water partition coefficient (Wildman–Crippen LogP) is 0.382. The molecule has 0 bridgehead atoms. The zero-order valence-corrected chi connectivity index (χ0v) is 11.9. The molecule has 0 atom stereocenters. The molecule has 0 radical (unpaired) electrons. The molecule has 1 aromatic rings. The lowest BCUT2D eigenvalue weighted by atomic mass is 10.2. The molecule has 0 unspecified atom stereocenters. The van der Waals surface area contributed by atoms with Gasteiger partial charge in [-0.15, -0.1) is 0 Å². The highest BCUT2D eigenvalue weighted by atomic mass is 32.2. The molecule has 0 saturated carbocycles. The number of hydrogen-bond acceptors (Lipinski definition) is 4. The molecule has 0 fully saturated rings. The normalized spacial score (nSPS) is 11.3. The highest BCUT2D eigenvalue weighted by Crippen LogP contribution is 2.16. The monoisotopic (exact) mass is 285 g/mol. The first kappa shape index (κ1) is 15.5. The van der Waals surface area contributed by atoms with Crippen LogP contribution in [0.2, 0.25) is 0 Å². The maximum atomic E-state index is 11.9. The van der Waals surface area contributed by atoms with Gasteiger partial charge in [-0.2, -0.15) is 0 Å². The quantitative estimate of drug-likeness (QED) is 0.658. The second kappa shape index (κ2) is 6.53. The van der Waals surface area contributed by atoms with Crippen LogP contribution < -0.4 is 15.8 Å². The summed E-state index contributed by atoms with van der Waals surface area (Å²) in [6.07, 6.45) is 0.106. The van der Waals surface area contributed by atoms with Gasteiger partial charge in [0, 0.05) is 25.2 Å². The first-order valence-electron chi connectivity index (χ1n) is 5.99. The fraction of sp³-hybridized carbons (Fsp3) is 0.417. The summed E-state index contributed by atoms with van der Waals surface area (Å²) in [4.78, 5) is 11.3. The molecule has 0 aliphatic rings. The van der Waals surface area contributed by atoms with Crippen molar-refractivity contribution in [3.63, 3.8) is 0 Å². The number of sulfonamides is 1. The van der Waals surface area contributed by atoms with Gasteiger partial charge in [0.2, 0.25) is 15.9 Å². The van der Waals surface area contributed by atoms with E-state index in [4.69, 9.17) is 5.73 Å². The van der Waals surface area contributed by atoms with Crippen molar-refractivity contribution >= 4 is 21.6 Å². The van der Waals surface area contributed by atoms with Crippen LogP contribution in [-0.4, -0.2) is 27.4 Å². The van der Waals surface area contributed by atoms with Crippen molar-refractivity contribution in [2.75, 3.05) is 18.8 Å². The molecule has 1 aromatic carbocycles. The van der Waals surface area contributed by atoms with E-state index < -0.39 is 10.0 Å². The Morgan fingerprint density at radius 3 is 2.63 bits per heavy atom. The summed E-state index contributed by atoms with van der Waals surface area (Å²) >= 11 is 0. The van der Waals surface area contributed by atoms with E-state index in [1.165, 1.54) is 12.1 Å². The van der Waals surface area contributed by atoms with Gasteiger partial charge in [0.05, 0.1) is 4.90 Å². The molecule has 106 valence electrons. The van der Waals surface area contributed by atoms with E-state index in [2.05, 4.69) is 10.0 Å². The second-order valence-corrected chi connectivity index (χ2v) is 5.89. The van der Waals surface area contributed by atoms with Crippen LogP contribution in [0.3, 0.4) is 0 Å². The molecule has 1 amide bonds. The van der Waals surface area contributed by atoms with E-state index in [9.17, 15) is 13.2 Å². The van der Waals surface area contributed by atoms with Gasteiger partial charge >= 0.3 is 0 Å². The van der Waals surface area contributed by atoms with E-state index in [1.807, 2.05) is 0 Å². The maximum absolute atomic E-state index is 11.9. The van der Waals surface area contributed by atoms with E-state index in [0.29, 0.717) is 12.2 Å². The number of carbonyl (C=O) groups is 1. The van der Waals surface area contributed by atoms with E-state index in [1.54, 1.807) is 19.9 Å². The molecule has 1 rings (SSSR count). The topological polar surface area (TPSA) is 101 Å². The van der Waals surface area contributed by atoms with Crippen LogP contribution in [0.1, 0.15) is 18.9 Å². The molecular weight excluding hydrogens is 266 g/mol. The predicted molar refractivity (Wildman–Crippen MR) is 74.1 cm³/mol. The minimum absolute atomic E-state index is 0.0575. The number of nitrogen functional groups attached to an aromatic ring is 1. The Kier molecular flexibility index (Phi) is 5.31. The van der Waals surface area contributed by atoms with E-state index in [-0.39, 0.29) is 23.8 Å². The van der Waals surface area contributed by atoms with E-state index >= 15 is 0 Å². The largest absolute Gasteiger partial charge is 0.398 e. The van der Waals surface area contributed by atoms with Crippen LogP contribution in [-0.2, 0) is 14.8 Å². The van der Waals surface area contributed by atoms with Gasteiger partial charge in [0.1, 0.15) is 0 Å². The number of amides is 1. The highest BCUT2D eigenvalue weighted by molar-refractivity contribution is 7.89. The molecule has 0 aromatic heterocycles. The number of benzene rings is 1. The molecule has 0 aliphatic heterocycles. The first-order valence-corrected chi connectivity index (χ1v) is 7.47. The average molecular weight is 285 g/mol. The molecule has 19 heavy (non-hydrogen) atoms. The fourth-order valence-electron chi connectivity index (χ4n) is 1.45. The highest BCUT2D eigenvalue weighted by Gasteiger charge is 2.14. The van der Waals surface area contributed by atoms with Gasteiger partial charge in [0.25, 0.3) is 0 Å². The van der Waals surface area contributed by atoms with E-state index in [0.717, 1.165) is 5.56 Å². The first-order chi connectivity index (χ1) is 8.86. The molecule has 6 nitrogen and oxygen atoms in total. The maximum Gasteiger partial charge on any atom is 0.240 e. The molecule has 0 aliphatic carbocycles. The minimum atomic E-state index is -3.62. The Morgan fingerprint density at radius 1 is 1.37 bits per heavy atom. The van der Waals surface area contributed by atoms with Gasteiger partial charge in [-0.05, 0) is 31.5 Å². The lowest BCUT2D eigenvalue weighted by molar-refractivity contribution is -0.120. The van der Waals surface area contributed by atoms with Crippen LogP contribution in [0.15, 0.2) is 23.1 Å². The smallest absolute Gasteiger partial charge is 0.240 e. The average Bonchev–Trinajstić information content (AvgIpc) is 2.32. The van der Waals surface area contributed by atoms with Crippen LogP contribution in [0.25, 0.3) is 0 Å². The SMILES string of the molecule is CCNC(=O)CCNS(=O)(=O)c1ccc(C)c(N)c1. The van der Waals surface area contributed by atoms with Gasteiger partial charge in [-0.25, -0.2) is 13.1 Å². The van der Waals surface area contributed by atoms with Gasteiger partial charge in [0.15, 0.2) is 0 Å². The second-order valence-electron chi connectivity index (χ2n) is 4.12. The van der Waals surface area contributed by atoms with Crippen molar-refractivity contribution < 1.29 is 13.2 Å². The van der Waals surface area contributed by atoms with Crippen molar-refractivity contribution in [1.29, 1.82) is 0 Å². The number of aryl methyl sites for hydroxylation is 1. The summed E-state index contributed by atoms with van der Waals surface area (Å²) in [7, 11) is -3.62. The Morgan fingerprint density at radius 2 is 2.05 bits per heavy atom. The van der Waals surface area contributed by atoms with Crippen LogP contribution in [0.4, 0.5) is 5.69 Å². The van der Waals surface area contributed by atoms with Crippen molar-refractivity contribution in [3.05, 3.63) is 23.8 Å². The molecule has 0 spiro atoms. The summed E-state index contributed by atoms with van der Waals surface area (Å²) < 4.78 is 26.2. The Hall–Kier alpha value is -1.60. The van der Waals surface area contributed by atoms with Crippen LogP contribution in [0.5, 0.6) is 0 Å². The van der Waals surface area contributed by atoms with Crippen LogP contribution >= 0.6 is 0 Å².